The maximum atomic E-state index is 17.0. The van der Waals surface area contributed by atoms with E-state index in [1.807, 2.05) is 166 Å². The lowest BCUT2D eigenvalue weighted by molar-refractivity contribution is 0.417. The van der Waals surface area contributed by atoms with E-state index in [9.17, 15) is 0 Å². The fourth-order valence-corrected chi connectivity index (χ4v) is 8.25. The van der Waals surface area contributed by atoms with E-state index in [1.54, 1.807) is 6.07 Å². The fraction of sp³-hybridized carbons (Fsp3) is 0.140. The molecule has 1 aliphatic heterocycles. The minimum absolute atomic E-state index is 0.0175. The Labute approximate surface area is 374 Å². The summed E-state index contributed by atoms with van der Waals surface area (Å²) in [7, 11) is 1.54. The summed E-state index contributed by atoms with van der Waals surface area (Å²) in [5.41, 5.74) is 9.73. The number of nitrogens with zero attached hydrogens (tertiary/aromatic N) is 3. The quantitative estimate of drug-likeness (QED) is 0.141. The van der Waals surface area contributed by atoms with Gasteiger partial charge < -0.3 is 10.1 Å². The topological polar surface area (TPSA) is 59.4 Å². The van der Waals surface area contributed by atoms with Gasteiger partial charge in [0.05, 0.1) is 30.2 Å². The Balaban J connectivity index is 0.00000276. The van der Waals surface area contributed by atoms with E-state index in [0.717, 1.165) is 57.0 Å². The number of rotatable bonds is 11. The van der Waals surface area contributed by atoms with Gasteiger partial charge in [-0.15, -0.1) is 0 Å². The van der Waals surface area contributed by atoms with Crippen LogP contribution in [-0.2, 0) is 0 Å². The van der Waals surface area contributed by atoms with Crippen LogP contribution in [0.15, 0.2) is 187 Å². The van der Waals surface area contributed by atoms with Crippen LogP contribution in [0.4, 0.5) is 8.78 Å². The number of aromatic nitrogens is 2. The Bertz CT molecular complexity index is 2880. The molecule has 2 heterocycles. The lowest BCUT2D eigenvalue weighted by Crippen LogP contribution is -2.32. The summed E-state index contributed by atoms with van der Waals surface area (Å²) in [4.78, 5) is 15.0. The maximum absolute atomic E-state index is 17.0. The van der Waals surface area contributed by atoms with Crippen LogP contribution >= 0.6 is 0 Å². The Kier molecular flexibility index (Phi) is 13.3. The summed E-state index contributed by atoms with van der Waals surface area (Å²) in [6, 6.07) is 55.3. The summed E-state index contributed by atoms with van der Waals surface area (Å²) in [6.45, 7) is 8.25. The molecule has 0 saturated heterocycles. The third-order valence-corrected chi connectivity index (χ3v) is 11.5. The molecule has 8 aromatic rings. The monoisotopic (exact) mass is 844 g/mol. The summed E-state index contributed by atoms with van der Waals surface area (Å²) < 4.78 is 39.9. The molecule has 7 aromatic carbocycles. The SMILES string of the molecule is CC.CCC(C)c1c(-c2cc(F)c(-c3cccc(-c4cc(-c5ccccc5)nc(-c5ccccc5)n4)c3OC)cc2F)cccc1C1C=C(c2ccccc2)N=C(c2ccccc2)N1. The van der Waals surface area contributed by atoms with Crippen LogP contribution in [0, 0.1) is 11.6 Å². The van der Waals surface area contributed by atoms with Crippen molar-refractivity contribution in [3.05, 3.63) is 216 Å². The number of hydrogen-bond acceptors (Lipinski definition) is 5. The number of hydrogen-bond donors (Lipinski definition) is 1. The highest BCUT2D eigenvalue weighted by Gasteiger charge is 2.27. The van der Waals surface area contributed by atoms with Crippen molar-refractivity contribution < 1.29 is 13.5 Å². The maximum Gasteiger partial charge on any atom is 0.160 e. The molecule has 64 heavy (non-hydrogen) atoms. The van der Waals surface area contributed by atoms with E-state index in [4.69, 9.17) is 19.7 Å². The number of para-hydroxylation sites is 1. The van der Waals surface area contributed by atoms with Crippen LogP contribution < -0.4 is 10.1 Å². The Morgan fingerprint density at radius 2 is 1.08 bits per heavy atom. The number of halogens is 2. The van der Waals surface area contributed by atoms with Crippen LogP contribution in [0.2, 0.25) is 0 Å². The van der Waals surface area contributed by atoms with Gasteiger partial charge in [0.15, 0.2) is 5.82 Å². The van der Waals surface area contributed by atoms with Crippen molar-refractivity contribution in [2.24, 2.45) is 4.99 Å². The number of benzene rings is 7. The molecule has 2 unspecified atom stereocenters. The van der Waals surface area contributed by atoms with Gasteiger partial charge >= 0.3 is 0 Å². The summed E-state index contributed by atoms with van der Waals surface area (Å²) in [5, 5.41) is 3.68. The van der Waals surface area contributed by atoms with Crippen molar-refractivity contribution in [1.82, 2.24) is 15.3 Å². The van der Waals surface area contributed by atoms with Gasteiger partial charge in [-0.25, -0.2) is 23.7 Å². The van der Waals surface area contributed by atoms with Crippen molar-refractivity contribution in [2.45, 2.75) is 46.1 Å². The van der Waals surface area contributed by atoms with E-state index < -0.39 is 11.6 Å². The smallest absolute Gasteiger partial charge is 0.160 e. The molecule has 2 atom stereocenters. The summed E-state index contributed by atoms with van der Waals surface area (Å²) in [5.74, 6) is 0.551. The normalized spacial score (nSPS) is 13.7. The molecule has 0 amide bonds. The van der Waals surface area contributed by atoms with Gasteiger partial charge in [0.1, 0.15) is 23.2 Å². The second-order valence-electron chi connectivity index (χ2n) is 15.4. The predicted octanol–water partition coefficient (Wildman–Crippen LogP) is 14.8. The molecule has 5 nitrogen and oxygen atoms in total. The number of ether oxygens (including phenoxy) is 1. The molecule has 0 radical (unpaired) electrons. The lowest BCUT2D eigenvalue weighted by atomic mass is 9.83. The second-order valence-corrected chi connectivity index (χ2v) is 15.4. The minimum Gasteiger partial charge on any atom is -0.495 e. The molecule has 1 N–H and O–H groups in total. The van der Waals surface area contributed by atoms with Crippen LogP contribution in [-0.4, -0.2) is 22.9 Å². The average molecular weight is 845 g/mol. The van der Waals surface area contributed by atoms with Crippen molar-refractivity contribution in [2.75, 3.05) is 7.11 Å². The first-order chi connectivity index (χ1) is 31.4. The molecule has 7 heteroatoms. The first-order valence-corrected chi connectivity index (χ1v) is 21.9. The van der Waals surface area contributed by atoms with Crippen LogP contribution in [0.3, 0.4) is 0 Å². The third-order valence-electron chi connectivity index (χ3n) is 11.5. The molecule has 0 saturated carbocycles. The van der Waals surface area contributed by atoms with Crippen LogP contribution in [0.1, 0.15) is 68.3 Å². The third kappa shape index (κ3) is 8.88. The predicted molar refractivity (Wildman–Crippen MR) is 259 cm³/mol. The largest absolute Gasteiger partial charge is 0.495 e. The molecule has 1 aliphatic rings. The van der Waals surface area contributed by atoms with E-state index >= 15 is 8.78 Å². The van der Waals surface area contributed by atoms with Gasteiger partial charge in [-0.1, -0.05) is 179 Å². The lowest BCUT2D eigenvalue weighted by Gasteiger charge is -2.29. The highest BCUT2D eigenvalue weighted by Crippen LogP contribution is 2.44. The number of methoxy groups -OCH3 is 1. The van der Waals surface area contributed by atoms with Crippen LogP contribution in [0.25, 0.3) is 61.9 Å². The molecule has 9 rings (SSSR count). The van der Waals surface area contributed by atoms with Gasteiger partial charge in [-0.2, -0.15) is 0 Å². The fourth-order valence-electron chi connectivity index (χ4n) is 8.25. The van der Waals surface area contributed by atoms with E-state index in [1.165, 1.54) is 19.2 Å². The standard InChI is InChI=1S/C55H44F2N4O.C2H6/c1-4-35(2)52-40(27-17-29-42(52)50-33-48(36-19-9-5-10-20-36)58-54(60-50)38-23-13-7-14-24-38)44-31-47(57)45(32-46(44)56)41-28-18-30-43(53(41)62-3)51-34-49(37-21-11-6-12-22-37)59-55(61-51)39-25-15-8-16-26-39;1-2/h5-35,50H,4H2,1-3H3,(H,58,60);1-2H3. The van der Waals surface area contributed by atoms with Crippen molar-refractivity contribution in [1.29, 1.82) is 0 Å². The van der Waals surface area contributed by atoms with E-state index in [-0.39, 0.29) is 23.1 Å². The number of nitrogens with one attached hydrogen (secondary N) is 1. The highest BCUT2D eigenvalue weighted by atomic mass is 19.1. The number of aliphatic imine (C=N–C) groups is 1. The first-order valence-electron chi connectivity index (χ1n) is 21.9. The van der Waals surface area contributed by atoms with Crippen LogP contribution in [0.5, 0.6) is 5.75 Å². The van der Waals surface area contributed by atoms with Gasteiger partial charge in [-0.05, 0) is 64.9 Å². The number of amidine groups is 1. The zero-order valence-corrected chi connectivity index (χ0v) is 36.7. The van der Waals surface area contributed by atoms with Gasteiger partial charge in [-0.3, -0.25) is 0 Å². The minimum atomic E-state index is -0.574. The Morgan fingerprint density at radius 3 is 1.69 bits per heavy atom. The Morgan fingerprint density at radius 1 is 0.562 bits per heavy atom. The molecular formula is C57H50F2N4O. The average Bonchev–Trinajstić information content (AvgIpc) is 3.37. The molecular weight excluding hydrogens is 795 g/mol. The zero-order valence-electron chi connectivity index (χ0n) is 36.7. The van der Waals surface area contributed by atoms with Crippen molar-refractivity contribution in [3.8, 4) is 61.9 Å². The highest BCUT2D eigenvalue weighted by molar-refractivity contribution is 6.03. The molecule has 0 spiro atoms. The Hall–Kier alpha value is -7.51. The second kappa shape index (κ2) is 19.7. The van der Waals surface area contributed by atoms with Gasteiger partial charge in [0.25, 0.3) is 0 Å². The van der Waals surface area contributed by atoms with E-state index in [0.29, 0.717) is 34.0 Å². The van der Waals surface area contributed by atoms with Crippen molar-refractivity contribution in [3.63, 3.8) is 0 Å². The zero-order chi connectivity index (χ0) is 44.6. The van der Waals surface area contributed by atoms with Crippen molar-refractivity contribution >= 4 is 11.5 Å². The van der Waals surface area contributed by atoms with Gasteiger partial charge in [0.2, 0.25) is 0 Å². The van der Waals surface area contributed by atoms with E-state index in [2.05, 4.69) is 31.3 Å². The first kappa shape index (κ1) is 43.2. The molecule has 318 valence electrons. The molecule has 0 aliphatic carbocycles. The molecule has 0 fully saturated rings. The summed E-state index contributed by atoms with van der Waals surface area (Å²) >= 11 is 0. The summed E-state index contributed by atoms with van der Waals surface area (Å²) in [6.07, 6.45) is 2.91. The van der Waals surface area contributed by atoms with Gasteiger partial charge in [0, 0.05) is 38.9 Å². The molecule has 0 bridgehead atoms. The molecule has 1 aromatic heterocycles.